The Hall–Kier alpha value is -2.02. The van der Waals surface area contributed by atoms with E-state index in [0.29, 0.717) is 18.7 Å². The van der Waals surface area contributed by atoms with Crippen molar-refractivity contribution in [2.45, 2.75) is 6.42 Å². The summed E-state index contributed by atoms with van der Waals surface area (Å²) in [6, 6.07) is 3.55. The van der Waals surface area contributed by atoms with E-state index in [2.05, 4.69) is 5.32 Å². The number of nitro benzene ring substituents is 1. The third-order valence-corrected chi connectivity index (χ3v) is 3.03. The molecule has 0 spiro atoms. The van der Waals surface area contributed by atoms with Crippen LogP contribution >= 0.6 is 0 Å². The monoisotopic (exact) mass is 267 g/mol. The fraction of sp³-hybridized carbons (Fsp3) is 0.417. The Balaban J connectivity index is 2.08. The molecular weight excluding hydrogens is 253 g/mol. The predicted molar refractivity (Wildman–Crippen MR) is 66.2 cm³/mol. The van der Waals surface area contributed by atoms with Crippen LogP contribution in [-0.2, 0) is 11.2 Å². The molecule has 2 rings (SSSR count). The number of carbonyl (C=O) groups is 1. The number of nitrogens with zero attached hydrogens (tertiary/aromatic N) is 2. The molecule has 0 aliphatic carbocycles. The van der Waals surface area contributed by atoms with E-state index in [1.807, 2.05) is 0 Å². The third-order valence-electron chi connectivity index (χ3n) is 3.03. The second-order valence-corrected chi connectivity index (χ2v) is 4.35. The second-order valence-electron chi connectivity index (χ2n) is 4.35. The second kappa shape index (κ2) is 5.75. The standard InChI is InChI=1S/C12H14FN3O3/c13-10-2-1-9(7-11(10)16(18)19)8-12(17)15-5-3-14-4-6-15/h1-2,7,14H,3-6,8H2. The van der Waals surface area contributed by atoms with Gasteiger partial charge in [-0.15, -0.1) is 0 Å². The topological polar surface area (TPSA) is 75.5 Å². The normalized spacial score (nSPS) is 15.3. The molecule has 7 heteroatoms. The van der Waals surface area contributed by atoms with E-state index in [-0.39, 0.29) is 12.3 Å². The van der Waals surface area contributed by atoms with Crippen LogP contribution in [0.5, 0.6) is 0 Å². The van der Waals surface area contributed by atoms with Gasteiger partial charge in [-0.2, -0.15) is 4.39 Å². The first-order valence-electron chi connectivity index (χ1n) is 5.99. The van der Waals surface area contributed by atoms with Gasteiger partial charge in [-0.25, -0.2) is 0 Å². The molecule has 0 unspecified atom stereocenters. The summed E-state index contributed by atoms with van der Waals surface area (Å²) in [7, 11) is 0. The molecule has 1 aliphatic rings. The van der Waals surface area contributed by atoms with Gasteiger partial charge in [-0.1, -0.05) is 6.07 Å². The molecular formula is C12H14FN3O3. The number of rotatable bonds is 3. The van der Waals surface area contributed by atoms with Crippen molar-refractivity contribution < 1.29 is 14.1 Å². The van der Waals surface area contributed by atoms with Gasteiger partial charge in [0.1, 0.15) is 0 Å². The number of amides is 1. The average Bonchev–Trinajstić information content (AvgIpc) is 2.41. The zero-order valence-corrected chi connectivity index (χ0v) is 10.3. The van der Waals surface area contributed by atoms with Crippen molar-refractivity contribution in [2.75, 3.05) is 26.2 Å². The maximum atomic E-state index is 13.2. The lowest BCUT2D eigenvalue weighted by molar-refractivity contribution is -0.387. The minimum atomic E-state index is -0.886. The van der Waals surface area contributed by atoms with E-state index < -0.39 is 16.4 Å². The number of nitrogens with one attached hydrogen (secondary N) is 1. The van der Waals surface area contributed by atoms with Crippen molar-refractivity contribution in [3.63, 3.8) is 0 Å². The Kier molecular flexibility index (Phi) is 4.06. The Morgan fingerprint density at radius 1 is 1.42 bits per heavy atom. The van der Waals surface area contributed by atoms with Crippen molar-refractivity contribution in [2.24, 2.45) is 0 Å². The summed E-state index contributed by atoms with van der Waals surface area (Å²) in [5.74, 6) is -0.981. The van der Waals surface area contributed by atoms with Crippen LogP contribution in [0.4, 0.5) is 10.1 Å². The molecule has 0 atom stereocenters. The van der Waals surface area contributed by atoms with Crippen LogP contribution in [0.1, 0.15) is 5.56 Å². The van der Waals surface area contributed by atoms with Crippen molar-refractivity contribution in [3.05, 3.63) is 39.7 Å². The summed E-state index contributed by atoms with van der Waals surface area (Å²) in [6.45, 7) is 2.74. The maximum absolute atomic E-state index is 13.2. The van der Waals surface area contributed by atoms with Gasteiger partial charge < -0.3 is 10.2 Å². The number of piperazine rings is 1. The predicted octanol–water partition coefficient (Wildman–Crippen LogP) is 0.708. The Bertz CT molecular complexity index is 501. The van der Waals surface area contributed by atoms with E-state index >= 15 is 0 Å². The van der Waals surface area contributed by atoms with Gasteiger partial charge in [0.2, 0.25) is 11.7 Å². The summed E-state index contributed by atoms with van der Waals surface area (Å²) in [5.41, 5.74) is -0.137. The molecule has 1 N–H and O–H groups in total. The molecule has 0 bridgehead atoms. The zero-order valence-electron chi connectivity index (χ0n) is 10.3. The highest BCUT2D eigenvalue weighted by atomic mass is 19.1. The molecule has 1 saturated heterocycles. The Morgan fingerprint density at radius 3 is 2.74 bits per heavy atom. The van der Waals surface area contributed by atoms with Gasteiger partial charge in [0, 0.05) is 32.2 Å². The van der Waals surface area contributed by atoms with Crippen LogP contribution in [0.15, 0.2) is 18.2 Å². The van der Waals surface area contributed by atoms with Gasteiger partial charge in [0.25, 0.3) is 0 Å². The maximum Gasteiger partial charge on any atom is 0.305 e. The largest absolute Gasteiger partial charge is 0.340 e. The fourth-order valence-electron chi connectivity index (χ4n) is 2.01. The lowest BCUT2D eigenvalue weighted by Gasteiger charge is -2.27. The first kappa shape index (κ1) is 13.4. The van der Waals surface area contributed by atoms with E-state index in [9.17, 15) is 19.3 Å². The number of nitro groups is 1. The lowest BCUT2D eigenvalue weighted by Crippen LogP contribution is -2.46. The summed E-state index contributed by atoms with van der Waals surface area (Å²) in [4.78, 5) is 23.5. The third kappa shape index (κ3) is 3.25. The van der Waals surface area contributed by atoms with E-state index in [4.69, 9.17) is 0 Å². The van der Waals surface area contributed by atoms with Gasteiger partial charge >= 0.3 is 5.69 Å². The quantitative estimate of drug-likeness (QED) is 0.646. The van der Waals surface area contributed by atoms with E-state index in [0.717, 1.165) is 25.2 Å². The molecule has 0 aromatic heterocycles. The van der Waals surface area contributed by atoms with Gasteiger partial charge in [0.05, 0.1) is 11.3 Å². The molecule has 1 aromatic rings. The summed E-state index contributed by atoms with van der Waals surface area (Å²) < 4.78 is 13.2. The highest BCUT2D eigenvalue weighted by Gasteiger charge is 2.19. The Labute approximate surface area is 109 Å². The van der Waals surface area contributed by atoms with E-state index in [1.165, 1.54) is 6.07 Å². The molecule has 0 radical (unpaired) electrons. The van der Waals surface area contributed by atoms with E-state index in [1.54, 1.807) is 4.90 Å². The molecule has 6 nitrogen and oxygen atoms in total. The smallest absolute Gasteiger partial charge is 0.305 e. The minimum Gasteiger partial charge on any atom is -0.340 e. The number of hydrogen-bond acceptors (Lipinski definition) is 4. The molecule has 1 fully saturated rings. The molecule has 102 valence electrons. The number of carbonyl (C=O) groups excluding carboxylic acids is 1. The Morgan fingerprint density at radius 2 is 2.11 bits per heavy atom. The van der Waals surface area contributed by atoms with Crippen LogP contribution in [0.3, 0.4) is 0 Å². The van der Waals surface area contributed by atoms with Gasteiger partial charge in [-0.3, -0.25) is 14.9 Å². The average molecular weight is 267 g/mol. The van der Waals surface area contributed by atoms with Crippen LogP contribution in [0.25, 0.3) is 0 Å². The number of hydrogen-bond donors (Lipinski definition) is 1. The lowest BCUT2D eigenvalue weighted by atomic mass is 10.1. The van der Waals surface area contributed by atoms with Crippen molar-refractivity contribution >= 4 is 11.6 Å². The molecule has 1 amide bonds. The van der Waals surface area contributed by atoms with Crippen molar-refractivity contribution in [1.82, 2.24) is 10.2 Å². The van der Waals surface area contributed by atoms with Crippen LogP contribution in [-0.4, -0.2) is 41.9 Å². The summed E-state index contributed by atoms with van der Waals surface area (Å²) in [5, 5.41) is 13.8. The van der Waals surface area contributed by atoms with Gasteiger partial charge in [-0.05, 0) is 11.6 Å². The molecule has 0 saturated carbocycles. The molecule has 1 aliphatic heterocycles. The summed E-state index contributed by atoms with van der Waals surface area (Å²) in [6.07, 6.45) is 0.0567. The molecule has 19 heavy (non-hydrogen) atoms. The highest BCUT2D eigenvalue weighted by Crippen LogP contribution is 2.19. The zero-order chi connectivity index (χ0) is 13.8. The highest BCUT2D eigenvalue weighted by molar-refractivity contribution is 5.79. The molecule has 1 heterocycles. The molecule has 1 aromatic carbocycles. The van der Waals surface area contributed by atoms with Crippen molar-refractivity contribution in [1.29, 1.82) is 0 Å². The summed E-state index contributed by atoms with van der Waals surface area (Å²) >= 11 is 0. The van der Waals surface area contributed by atoms with Gasteiger partial charge in [0.15, 0.2) is 0 Å². The number of halogens is 1. The fourth-order valence-corrected chi connectivity index (χ4v) is 2.01. The van der Waals surface area contributed by atoms with Crippen LogP contribution < -0.4 is 5.32 Å². The first-order valence-corrected chi connectivity index (χ1v) is 5.99. The minimum absolute atomic E-state index is 0.0567. The van der Waals surface area contributed by atoms with Crippen molar-refractivity contribution in [3.8, 4) is 0 Å². The first-order chi connectivity index (χ1) is 9.08. The van der Waals surface area contributed by atoms with Crippen LogP contribution in [0.2, 0.25) is 0 Å². The SMILES string of the molecule is O=C(Cc1ccc(F)c([N+](=O)[O-])c1)N1CCNCC1. The number of benzene rings is 1. The van der Waals surface area contributed by atoms with Crippen LogP contribution in [0, 0.1) is 15.9 Å².